The van der Waals surface area contributed by atoms with Gasteiger partial charge in [-0.1, -0.05) is 12.1 Å². The molecule has 2 fully saturated rings. The molecular weight excluding hydrogens is 487 g/mol. The molecule has 0 bridgehead atoms. The summed E-state index contributed by atoms with van der Waals surface area (Å²) in [5, 5.41) is 5.55. The number of carbonyl (C=O) groups is 1. The summed E-state index contributed by atoms with van der Waals surface area (Å²) < 4.78 is 16.0. The summed E-state index contributed by atoms with van der Waals surface area (Å²) in [5.74, 6) is -0.345. The number of halogens is 1. The fourth-order valence-corrected chi connectivity index (χ4v) is 5.84. The lowest BCUT2D eigenvalue weighted by Gasteiger charge is -2.14. The summed E-state index contributed by atoms with van der Waals surface area (Å²) in [5.41, 5.74) is 11.0. The second-order valence-electron chi connectivity index (χ2n) is 9.99. The molecule has 3 aromatic heterocycles. The van der Waals surface area contributed by atoms with Crippen LogP contribution in [0, 0.1) is 5.82 Å². The number of anilines is 1. The van der Waals surface area contributed by atoms with Crippen molar-refractivity contribution in [3.05, 3.63) is 77.4 Å². The number of likely N-dealkylation sites (tertiary alicyclic amines) is 1. The molecule has 1 saturated heterocycles. The van der Waals surface area contributed by atoms with Gasteiger partial charge in [0.05, 0.1) is 20.8 Å². The van der Waals surface area contributed by atoms with Crippen LogP contribution < -0.4 is 16.4 Å². The van der Waals surface area contributed by atoms with Crippen LogP contribution in [0.5, 0.6) is 0 Å². The van der Waals surface area contributed by atoms with Crippen LogP contribution in [-0.2, 0) is 13.0 Å². The molecule has 37 heavy (non-hydrogen) atoms. The zero-order valence-corrected chi connectivity index (χ0v) is 21.2. The van der Waals surface area contributed by atoms with Gasteiger partial charge >= 0.3 is 6.03 Å². The second kappa shape index (κ2) is 10.2. The fraction of sp³-hybridized carbons (Fsp3) is 0.321. The van der Waals surface area contributed by atoms with Crippen LogP contribution in [0.2, 0.25) is 0 Å². The molecule has 4 aromatic rings. The van der Waals surface area contributed by atoms with Gasteiger partial charge in [-0.2, -0.15) is 0 Å². The maximum Gasteiger partial charge on any atom is 0.319 e. The van der Waals surface area contributed by atoms with Gasteiger partial charge < -0.3 is 16.4 Å². The van der Waals surface area contributed by atoms with Gasteiger partial charge in [0.1, 0.15) is 5.82 Å². The summed E-state index contributed by atoms with van der Waals surface area (Å²) in [7, 11) is 0. The average Bonchev–Trinajstić information content (AvgIpc) is 3.42. The first-order valence-electron chi connectivity index (χ1n) is 12.7. The van der Waals surface area contributed by atoms with Crippen molar-refractivity contribution in [1.82, 2.24) is 20.2 Å². The molecule has 1 aromatic carbocycles. The Morgan fingerprint density at radius 2 is 2.00 bits per heavy atom. The predicted molar refractivity (Wildman–Crippen MR) is 145 cm³/mol. The first-order valence-corrected chi connectivity index (χ1v) is 13.5. The Bertz CT molecular complexity index is 1430. The van der Waals surface area contributed by atoms with Crippen molar-refractivity contribution >= 4 is 33.3 Å². The minimum Gasteiger partial charge on any atom is -0.335 e. The van der Waals surface area contributed by atoms with Crippen LogP contribution in [-0.4, -0.2) is 46.1 Å². The van der Waals surface area contributed by atoms with E-state index in [1.807, 2.05) is 18.3 Å². The van der Waals surface area contributed by atoms with E-state index in [0.717, 1.165) is 65.2 Å². The Kier molecular flexibility index (Phi) is 6.58. The van der Waals surface area contributed by atoms with Crippen LogP contribution in [0.1, 0.15) is 36.0 Å². The maximum absolute atomic E-state index is 14.9. The van der Waals surface area contributed by atoms with Gasteiger partial charge in [0.15, 0.2) is 0 Å². The zero-order chi connectivity index (χ0) is 25.4. The van der Waals surface area contributed by atoms with Crippen LogP contribution in [0.3, 0.4) is 0 Å². The molecule has 6 rings (SSSR count). The number of aromatic nitrogens is 2. The number of pyridine rings is 2. The van der Waals surface area contributed by atoms with E-state index in [-0.39, 0.29) is 23.9 Å². The van der Waals surface area contributed by atoms with Crippen molar-refractivity contribution in [3.8, 4) is 10.6 Å². The van der Waals surface area contributed by atoms with Crippen molar-refractivity contribution < 1.29 is 9.18 Å². The highest BCUT2D eigenvalue weighted by atomic mass is 32.1. The Morgan fingerprint density at radius 1 is 1.11 bits per heavy atom. The van der Waals surface area contributed by atoms with Gasteiger partial charge in [0.2, 0.25) is 0 Å². The number of rotatable bonds is 7. The molecule has 190 valence electrons. The quantitative estimate of drug-likeness (QED) is 0.325. The van der Waals surface area contributed by atoms with E-state index in [1.165, 1.54) is 11.6 Å². The van der Waals surface area contributed by atoms with Gasteiger partial charge in [0.25, 0.3) is 0 Å². The minimum atomic E-state index is -0.345. The normalized spacial score (nSPS) is 17.8. The van der Waals surface area contributed by atoms with Crippen molar-refractivity contribution in [2.24, 2.45) is 5.73 Å². The monoisotopic (exact) mass is 516 g/mol. The molecule has 0 spiro atoms. The van der Waals surface area contributed by atoms with Crippen LogP contribution >= 0.6 is 11.3 Å². The molecule has 7 nitrogen and oxygen atoms in total. The Morgan fingerprint density at radius 3 is 2.73 bits per heavy atom. The van der Waals surface area contributed by atoms with Crippen LogP contribution in [0.15, 0.2) is 54.9 Å². The van der Waals surface area contributed by atoms with Gasteiger partial charge in [-0.05, 0) is 66.3 Å². The Labute approximate surface area is 218 Å². The lowest BCUT2D eigenvalue weighted by Crippen LogP contribution is -2.30. The molecule has 1 aliphatic heterocycles. The van der Waals surface area contributed by atoms with Crippen molar-refractivity contribution in [3.63, 3.8) is 0 Å². The first kappa shape index (κ1) is 24.0. The van der Waals surface area contributed by atoms with E-state index in [4.69, 9.17) is 10.7 Å². The van der Waals surface area contributed by atoms with Gasteiger partial charge in [-0.3, -0.25) is 14.9 Å². The fourth-order valence-electron chi connectivity index (χ4n) is 4.74. The second-order valence-corrected chi connectivity index (χ2v) is 11.0. The molecule has 1 aliphatic carbocycles. The third-order valence-electron chi connectivity index (χ3n) is 6.89. The van der Waals surface area contributed by atoms with Crippen LogP contribution in [0.4, 0.5) is 14.9 Å². The Hall–Kier alpha value is -3.40. The van der Waals surface area contributed by atoms with E-state index in [2.05, 4.69) is 32.7 Å². The smallest absolute Gasteiger partial charge is 0.319 e. The number of hydrogen-bond donors (Lipinski definition) is 3. The number of nitrogens with one attached hydrogen (secondary N) is 2. The van der Waals surface area contributed by atoms with E-state index in [9.17, 15) is 9.18 Å². The summed E-state index contributed by atoms with van der Waals surface area (Å²) in [6, 6.07) is 13.2. The largest absolute Gasteiger partial charge is 0.335 e. The first-order chi connectivity index (χ1) is 18.0. The summed E-state index contributed by atoms with van der Waals surface area (Å²) >= 11 is 1.62. The molecule has 4 heterocycles. The number of thiophene rings is 1. The number of benzene rings is 1. The number of carbonyl (C=O) groups excluding carboxylic acids is 1. The van der Waals surface area contributed by atoms with E-state index in [1.54, 1.807) is 29.7 Å². The SMILES string of the molecule is N[C@H]1CCN(Cc2ccc(-c3cc4nccc(Cc5ccc(NC(=O)NC6CC6)cc5F)c4s3)nc2)C1. The van der Waals surface area contributed by atoms with Gasteiger partial charge in [0, 0.05) is 56.2 Å². The number of amides is 2. The minimum absolute atomic E-state index is 0.247. The van der Waals surface area contributed by atoms with Gasteiger partial charge in [-0.25, -0.2) is 9.18 Å². The number of nitrogens with zero attached hydrogens (tertiary/aromatic N) is 3. The molecule has 9 heteroatoms. The molecule has 2 amide bonds. The molecule has 1 saturated carbocycles. The molecular formula is C28H29FN6OS. The topological polar surface area (TPSA) is 96.2 Å². The highest BCUT2D eigenvalue weighted by Crippen LogP contribution is 2.35. The maximum atomic E-state index is 14.9. The summed E-state index contributed by atoms with van der Waals surface area (Å²) in [6.07, 6.45) is 7.19. The number of fused-ring (bicyclic) bond motifs is 1. The van der Waals surface area contributed by atoms with Gasteiger partial charge in [-0.15, -0.1) is 11.3 Å². The third-order valence-corrected chi connectivity index (χ3v) is 8.11. The lowest BCUT2D eigenvalue weighted by atomic mass is 10.0. The van der Waals surface area contributed by atoms with Crippen molar-refractivity contribution in [2.45, 2.75) is 44.3 Å². The highest BCUT2D eigenvalue weighted by molar-refractivity contribution is 7.22. The average molecular weight is 517 g/mol. The summed E-state index contributed by atoms with van der Waals surface area (Å²) in [6.45, 7) is 2.83. The lowest BCUT2D eigenvalue weighted by molar-refractivity contribution is 0.251. The van der Waals surface area contributed by atoms with Crippen molar-refractivity contribution in [2.75, 3.05) is 18.4 Å². The van der Waals surface area contributed by atoms with Crippen LogP contribution in [0.25, 0.3) is 20.8 Å². The number of nitrogens with two attached hydrogens (primary N) is 1. The third kappa shape index (κ3) is 5.64. The number of urea groups is 1. The van der Waals surface area contributed by atoms with E-state index in [0.29, 0.717) is 17.7 Å². The Balaban J connectivity index is 1.17. The molecule has 4 N–H and O–H groups in total. The van der Waals surface area contributed by atoms with E-state index < -0.39 is 0 Å². The highest BCUT2D eigenvalue weighted by Gasteiger charge is 2.23. The van der Waals surface area contributed by atoms with Crippen molar-refractivity contribution in [1.29, 1.82) is 0 Å². The predicted octanol–water partition coefficient (Wildman–Crippen LogP) is 4.91. The zero-order valence-electron chi connectivity index (χ0n) is 20.4. The molecule has 0 radical (unpaired) electrons. The number of hydrogen-bond acceptors (Lipinski definition) is 6. The molecule has 2 aliphatic rings. The summed E-state index contributed by atoms with van der Waals surface area (Å²) in [4.78, 5) is 24.6. The standard InChI is InChI=1S/C28H29FN6OS/c29-23-12-22(34-28(36)33-21-4-5-21)3-2-18(23)11-19-7-9-31-25-13-26(37-27(19)25)24-6-1-17(14-32-24)15-35-10-8-20(30)16-35/h1-3,6-7,9,12-14,20-21H,4-5,8,10-11,15-16,30H2,(H2,33,34,36)/t20-/m0/s1. The molecule has 0 unspecified atom stereocenters. The van der Waals surface area contributed by atoms with E-state index >= 15 is 0 Å². The molecule has 1 atom stereocenters.